The Morgan fingerprint density at radius 1 is 1.10 bits per heavy atom. The zero-order valence-electron chi connectivity index (χ0n) is 22.3. The minimum atomic E-state index is -3.61. The van der Waals surface area contributed by atoms with Gasteiger partial charge in [0.05, 0.1) is 23.9 Å². The van der Waals surface area contributed by atoms with E-state index in [1.54, 1.807) is 53.6 Å². The van der Waals surface area contributed by atoms with Crippen LogP contribution in [0.5, 0.6) is 0 Å². The molecule has 0 spiro atoms. The Balaban J connectivity index is 1.60. The van der Waals surface area contributed by atoms with Crippen molar-refractivity contribution in [3.63, 3.8) is 0 Å². The van der Waals surface area contributed by atoms with Crippen LogP contribution in [0.4, 0.5) is 4.39 Å². The monoisotopic (exact) mass is 600 g/mol. The molecule has 2 unspecified atom stereocenters. The molecule has 41 heavy (non-hydrogen) atoms. The van der Waals surface area contributed by atoms with Crippen LogP contribution in [0.25, 0.3) is 0 Å². The van der Waals surface area contributed by atoms with Crippen molar-refractivity contribution < 1.29 is 27.2 Å². The van der Waals surface area contributed by atoms with Crippen molar-refractivity contribution in [2.75, 3.05) is 6.26 Å². The van der Waals surface area contributed by atoms with E-state index in [-0.39, 0.29) is 17.5 Å². The third-order valence-corrected chi connectivity index (χ3v) is 8.57. The molecule has 5 rings (SSSR count). The Kier molecular flexibility index (Phi) is 8.69. The van der Waals surface area contributed by atoms with Gasteiger partial charge in [0.15, 0.2) is 0 Å². The predicted octanol–water partition coefficient (Wildman–Crippen LogP) is 4.26. The van der Waals surface area contributed by atoms with Crippen LogP contribution in [0.2, 0.25) is 5.02 Å². The number of carbonyl (C=O) groups excluding carboxylic acids is 2. The van der Waals surface area contributed by atoms with Crippen molar-refractivity contribution in [1.29, 1.82) is 0 Å². The van der Waals surface area contributed by atoms with Crippen LogP contribution in [-0.4, -0.2) is 48.5 Å². The van der Waals surface area contributed by atoms with Gasteiger partial charge in [0.1, 0.15) is 12.4 Å². The van der Waals surface area contributed by atoms with E-state index < -0.39 is 45.8 Å². The van der Waals surface area contributed by atoms with Crippen LogP contribution in [0.3, 0.4) is 0 Å². The summed E-state index contributed by atoms with van der Waals surface area (Å²) in [6, 6.07) is 13.8. The summed E-state index contributed by atoms with van der Waals surface area (Å²) in [6.45, 7) is 0.00847. The van der Waals surface area contributed by atoms with E-state index in [1.165, 1.54) is 12.1 Å². The molecule has 1 fully saturated rings. The smallest absolute Gasteiger partial charge is 0.255 e. The Labute approximate surface area is 243 Å². The number of sulfonamides is 1. The Hall–Kier alpha value is -3.38. The first-order chi connectivity index (χ1) is 19.6. The fourth-order valence-electron chi connectivity index (χ4n) is 5.86. The second-order valence-electron chi connectivity index (χ2n) is 10.3. The molecule has 1 aliphatic carbocycles. The average Bonchev–Trinajstić information content (AvgIpc) is 2.93. The summed E-state index contributed by atoms with van der Waals surface area (Å²) in [4.78, 5) is 39.4. The maximum atomic E-state index is 14.2. The number of fused-ring (bicyclic) bond motifs is 1. The van der Waals surface area contributed by atoms with Crippen molar-refractivity contribution in [2.24, 2.45) is 0 Å². The van der Waals surface area contributed by atoms with E-state index in [0.717, 1.165) is 25.2 Å². The number of benzene rings is 2. The summed E-state index contributed by atoms with van der Waals surface area (Å²) < 4.78 is 41.5. The van der Waals surface area contributed by atoms with Crippen LogP contribution >= 0.6 is 11.6 Å². The topological polar surface area (TPSA) is 118 Å². The van der Waals surface area contributed by atoms with Crippen molar-refractivity contribution >= 4 is 33.4 Å². The lowest BCUT2D eigenvalue weighted by Crippen LogP contribution is -2.59. The van der Waals surface area contributed by atoms with Gasteiger partial charge in [0, 0.05) is 28.9 Å². The third kappa shape index (κ3) is 6.43. The van der Waals surface area contributed by atoms with Crippen molar-refractivity contribution in [3.8, 4) is 0 Å². The van der Waals surface area contributed by atoms with Crippen molar-refractivity contribution in [3.05, 3.63) is 100 Å². The zero-order valence-corrected chi connectivity index (χ0v) is 23.9. The summed E-state index contributed by atoms with van der Waals surface area (Å²) >= 11 is 6.58. The number of hydrogen-bond acceptors (Lipinski definition) is 6. The summed E-state index contributed by atoms with van der Waals surface area (Å²) in [5.74, 6) is -2.48. The number of nitrogens with zero attached hydrogens (tertiary/aromatic N) is 2. The molecule has 1 saturated carbocycles. The van der Waals surface area contributed by atoms with Gasteiger partial charge in [-0.3, -0.25) is 19.4 Å². The molecule has 4 atom stereocenters. The van der Waals surface area contributed by atoms with Gasteiger partial charge in [-0.2, -0.15) is 0 Å². The number of carbonyl (C=O) groups is 2. The van der Waals surface area contributed by atoms with Gasteiger partial charge >= 0.3 is 0 Å². The lowest BCUT2D eigenvalue weighted by molar-refractivity contribution is -0.138. The number of hydrogen-bond donors (Lipinski definition) is 2. The summed E-state index contributed by atoms with van der Waals surface area (Å²) in [5.41, 5.74) is 4.26. The molecule has 0 bridgehead atoms. The van der Waals surface area contributed by atoms with Gasteiger partial charge in [0.25, 0.3) is 11.8 Å². The molecule has 9 nitrogen and oxygen atoms in total. The Bertz CT molecular complexity index is 1540. The molecular formula is C29H30ClFN4O5S. The van der Waals surface area contributed by atoms with Crippen LogP contribution in [0, 0.1) is 5.82 Å². The molecule has 3 aromatic rings. The summed E-state index contributed by atoms with van der Waals surface area (Å²) in [7, 11) is -3.61. The van der Waals surface area contributed by atoms with E-state index in [4.69, 9.17) is 16.4 Å². The molecule has 0 radical (unpaired) electrons. The third-order valence-electron chi connectivity index (χ3n) is 7.51. The molecule has 1 aliphatic heterocycles. The van der Waals surface area contributed by atoms with Crippen LogP contribution in [0.1, 0.15) is 64.8 Å². The highest BCUT2D eigenvalue weighted by molar-refractivity contribution is 7.88. The highest BCUT2D eigenvalue weighted by Gasteiger charge is 2.49. The van der Waals surface area contributed by atoms with E-state index >= 15 is 0 Å². The highest BCUT2D eigenvalue weighted by atomic mass is 35.5. The lowest BCUT2D eigenvalue weighted by atomic mass is 9.76. The second-order valence-corrected chi connectivity index (χ2v) is 12.5. The number of hydroxylamine groups is 1. The normalized spacial score (nSPS) is 22.7. The molecule has 1 aromatic heterocycles. The quantitative estimate of drug-likeness (QED) is 0.373. The van der Waals surface area contributed by atoms with E-state index in [2.05, 4.69) is 15.2 Å². The number of halogens is 2. The van der Waals surface area contributed by atoms with Gasteiger partial charge in [-0.05, 0) is 54.3 Å². The van der Waals surface area contributed by atoms with Crippen molar-refractivity contribution in [2.45, 2.75) is 56.3 Å². The first kappa shape index (κ1) is 29.1. The highest BCUT2D eigenvalue weighted by Crippen LogP contribution is 2.47. The SMILES string of the molecule is CS(=O)(=O)N[C@@H]1CCCCC1N1C(=O)c2ccccc2C(C(=O)NOCc2ccccn2)[C@@H]1c1ccc(F)cc1Cl. The van der Waals surface area contributed by atoms with E-state index in [1.807, 2.05) is 0 Å². The fourth-order valence-corrected chi connectivity index (χ4v) is 6.96. The molecule has 12 heteroatoms. The maximum absolute atomic E-state index is 14.2. The Morgan fingerprint density at radius 3 is 2.59 bits per heavy atom. The minimum absolute atomic E-state index is 0.00847. The molecule has 2 heterocycles. The maximum Gasteiger partial charge on any atom is 0.255 e. The minimum Gasteiger partial charge on any atom is -0.326 e. The molecule has 2 aromatic carbocycles. The molecule has 2 amide bonds. The average molecular weight is 601 g/mol. The first-order valence-corrected chi connectivity index (χ1v) is 15.6. The van der Waals surface area contributed by atoms with Crippen LogP contribution in [0.15, 0.2) is 66.9 Å². The van der Waals surface area contributed by atoms with Gasteiger partial charge in [-0.1, -0.05) is 54.8 Å². The standard InChI is InChI=1S/C29H30ClFN4O5S/c1-41(38,39)34-24-11-4-5-12-25(24)35-27(22-14-13-18(31)16-23(22)30)26(20-9-2-3-10-21(20)29(35)37)28(36)33-40-17-19-8-6-7-15-32-19/h2-3,6-10,13-16,24-27,34H,4-5,11-12,17H2,1H3,(H,33,36)/t24-,25?,26?,27+/m1/s1. The Morgan fingerprint density at radius 2 is 1.85 bits per heavy atom. The lowest BCUT2D eigenvalue weighted by Gasteiger charge is -2.49. The summed E-state index contributed by atoms with van der Waals surface area (Å²) in [6.07, 6.45) is 5.23. The number of nitrogens with one attached hydrogen (secondary N) is 2. The predicted molar refractivity (Wildman–Crippen MR) is 151 cm³/mol. The van der Waals surface area contributed by atoms with Crippen molar-refractivity contribution in [1.82, 2.24) is 20.1 Å². The molecule has 2 N–H and O–H groups in total. The number of rotatable bonds is 8. The van der Waals surface area contributed by atoms with Crippen LogP contribution in [-0.2, 0) is 26.3 Å². The number of aromatic nitrogens is 1. The number of pyridine rings is 1. The fraction of sp³-hybridized carbons (Fsp3) is 0.345. The number of amides is 2. The molecule has 216 valence electrons. The largest absolute Gasteiger partial charge is 0.326 e. The van der Waals surface area contributed by atoms with Gasteiger partial charge in [-0.15, -0.1) is 0 Å². The second kappa shape index (κ2) is 12.2. The first-order valence-electron chi connectivity index (χ1n) is 13.3. The van der Waals surface area contributed by atoms with E-state index in [9.17, 15) is 22.4 Å². The van der Waals surface area contributed by atoms with Gasteiger partial charge < -0.3 is 4.90 Å². The molecule has 0 saturated heterocycles. The zero-order chi connectivity index (χ0) is 29.1. The van der Waals surface area contributed by atoms with Gasteiger partial charge in [0.2, 0.25) is 10.0 Å². The molecule has 2 aliphatic rings. The van der Waals surface area contributed by atoms with Crippen LogP contribution < -0.4 is 10.2 Å². The molecular weight excluding hydrogens is 571 g/mol. The summed E-state index contributed by atoms with van der Waals surface area (Å²) in [5, 5.41) is 0.0443. The van der Waals surface area contributed by atoms with E-state index in [0.29, 0.717) is 35.2 Å². The van der Waals surface area contributed by atoms with Gasteiger partial charge in [-0.25, -0.2) is 23.0 Å².